The van der Waals surface area contributed by atoms with Gasteiger partial charge in [0.05, 0.1) is 11.8 Å². The maximum Gasteiger partial charge on any atom is 0.513 e. The quantitative estimate of drug-likeness (QED) is 0.638. The molecule has 8 nitrogen and oxygen atoms in total. The number of amides is 2. The Bertz CT molecular complexity index is 803. The number of urea groups is 1. The first-order valence-corrected chi connectivity index (χ1v) is 7.92. The highest BCUT2D eigenvalue weighted by molar-refractivity contribution is 5.99. The first-order chi connectivity index (χ1) is 12.7. The molecule has 2 rings (SSSR count). The standard InChI is InChI=1S/C16H17F3N4O4/c1-2-3-8-23-9-12(22-14(23)27-15(25)26)21-13(24)20-11-6-4-10(5-7-11)16(17,18)19/h4-7,9H,2-3,8H2,1H3,(H,25,26)(H2,20,21,24). The van der Waals surface area contributed by atoms with Crippen molar-refractivity contribution < 1.29 is 32.6 Å². The second-order valence-electron chi connectivity index (χ2n) is 5.48. The van der Waals surface area contributed by atoms with Crippen molar-refractivity contribution >= 4 is 23.7 Å². The summed E-state index contributed by atoms with van der Waals surface area (Å²) in [6.45, 7) is 2.39. The van der Waals surface area contributed by atoms with Crippen LogP contribution in [-0.4, -0.2) is 26.8 Å². The Hall–Kier alpha value is -3.24. The second kappa shape index (κ2) is 8.43. The van der Waals surface area contributed by atoms with E-state index in [4.69, 9.17) is 5.11 Å². The van der Waals surface area contributed by atoms with E-state index in [0.29, 0.717) is 6.54 Å². The van der Waals surface area contributed by atoms with Crippen molar-refractivity contribution in [2.75, 3.05) is 10.6 Å². The highest BCUT2D eigenvalue weighted by Crippen LogP contribution is 2.29. The lowest BCUT2D eigenvalue weighted by Gasteiger charge is -2.08. The van der Waals surface area contributed by atoms with Crippen LogP contribution in [0.3, 0.4) is 0 Å². The molecule has 1 aromatic carbocycles. The number of unbranched alkanes of at least 4 members (excludes halogenated alkanes) is 1. The van der Waals surface area contributed by atoms with Gasteiger partial charge in [-0.05, 0) is 30.7 Å². The summed E-state index contributed by atoms with van der Waals surface area (Å²) in [7, 11) is 0. The molecule has 0 saturated heterocycles. The van der Waals surface area contributed by atoms with Gasteiger partial charge in [0.15, 0.2) is 5.82 Å². The molecule has 0 spiro atoms. The van der Waals surface area contributed by atoms with Crippen LogP contribution in [0.25, 0.3) is 0 Å². The number of carbonyl (C=O) groups is 2. The number of carboxylic acid groups (broad SMARTS) is 1. The number of aromatic nitrogens is 2. The Morgan fingerprint density at radius 1 is 1.22 bits per heavy atom. The number of nitrogens with zero attached hydrogens (tertiary/aromatic N) is 2. The molecule has 0 unspecified atom stereocenters. The normalized spacial score (nSPS) is 11.1. The van der Waals surface area contributed by atoms with Gasteiger partial charge in [0.2, 0.25) is 0 Å². The molecule has 2 amide bonds. The van der Waals surface area contributed by atoms with Crippen molar-refractivity contribution in [1.82, 2.24) is 9.55 Å². The Kier molecular flexibility index (Phi) is 6.27. The minimum atomic E-state index is -4.47. The first kappa shape index (κ1) is 20.1. The number of benzene rings is 1. The Morgan fingerprint density at radius 2 is 1.89 bits per heavy atom. The Labute approximate surface area is 152 Å². The smallest absolute Gasteiger partial charge is 0.449 e. The fourth-order valence-corrected chi connectivity index (χ4v) is 2.13. The van der Waals surface area contributed by atoms with Crippen molar-refractivity contribution in [1.29, 1.82) is 0 Å². The van der Waals surface area contributed by atoms with Crippen LogP contribution in [0.4, 0.5) is 34.3 Å². The SMILES string of the molecule is CCCCn1cc(NC(=O)Nc2ccc(C(F)(F)F)cc2)nc1OC(=O)O. The summed E-state index contributed by atoms with van der Waals surface area (Å²) in [4.78, 5) is 26.6. The molecule has 0 aliphatic carbocycles. The van der Waals surface area contributed by atoms with Crippen molar-refractivity contribution in [2.24, 2.45) is 0 Å². The molecule has 146 valence electrons. The number of halogens is 3. The maximum absolute atomic E-state index is 12.5. The van der Waals surface area contributed by atoms with Gasteiger partial charge in [0.25, 0.3) is 0 Å². The van der Waals surface area contributed by atoms with Crippen molar-refractivity contribution in [3.8, 4) is 6.01 Å². The fraction of sp³-hybridized carbons (Fsp3) is 0.312. The van der Waals surface area contributed by atoms with Gasteiger partial charge >= 0.3 is 24.4 Å². The van der Waals surface area contributed by atoms with E-state index in [0.717, 1.165) is 37.1 Å². The number of alkyl halides is 3. The van der Waals surface area contributed by atoms with Gasteiger partial charge in [0, 0.05) is 12.2 Å². The van der Waals surface area contributed by atoms with E-state index in [2.05, 4.69) is 20.4 Å². The fourth-order valence-electron chi connectivity index (χ4n) is 2.13. The highest BCUT2D eigenvalue weighted by Gasteiger charge is 2.30. The van der Waals surface area contributed by atoms with Gasteiger partial charge in [-0.1, -0.05) is 13.3 Å². The zero-order valence-electron chi connectivity index (χ0n) is 14.2. The molecular formula is C16H17F3N4O4. The molecule has 27 heavy (non-hydrogen) atoms. The molecule has 0 saturated carbocycles. The van der Waals surface area contributed by atoms with Gasteiger partial charge in [-0.15, -0.1) is 0 Å². The molecule has 0 fully saturated rings. The van der Waals surface area contributed by atoms with Crippen LogP contribution in [0.15, 0.2) is 30.5 Å². The average molecular weight is 386 g/mol. The van der Waals surface area contributed by atoms with Crippen LogP contribution in [0, 0.1) is 0 Å². The summed E-state index contributed by atoms with van der Waals surface area (Å²) >= 11 is 0. The molecular weight excluding hydrogens is 369 g/mol. The topological polar surface area (TPSA) is 105 Å². The number of hydrogen-bond acceptors (Lipinski definition) is 4. The zero-order valence-corrected chi connectivity index (χ0v) is 14.2. The number of aryl methyl sites for hydroxylation is 1. The minimum Gasteiger partial charge on any atom is -0.449 e. The molecule has 1 aromatic heterocycles. The number of nitrogens with one attached hydrogen (secondary N) is 2. The number of rotatable bonds is 6. The molecule has 0 radical (unpaired) electrons. The molecule has 1 heterocycles. The van der Waals surface area contributed by atoms with Gasteiger partial charge in [-0.25, -0.2) is 9.59 Å². The van der Waals surface area contributed by atoms with Gasteiger partial charge in [-0.2, -0.15) is 18.2 Å². The van der Waals surface area contributed by atoms with Crippen LogP contribution >= 0.6 is 0 Å². The summed E-state index contributed by atoms with van der Waals surface area (Å²) in [5.74, 6) is 0.0340. The first-order valence-electron chi connectivity index (χ1n) is 7.92. The predicted molar refractivity (Wildman–Crippen MR) is 89.9 cm³/mol. The summed E-state index contributed by atoms with van der Waals surface area (Å²) in [5, 5.41) is 13.5. The molecule has 3 N–H and O–H groups in total. The number of imidazole rings is 1. The third-order valence-corrected chi connectivity index (χ3v) is 3.38. The van der Waals surface area contributed by atoms with Crippen LogP contribution in [0.2, 0.25) is 0 Å². The van der Waals surface area contributed by atoms with Crippen molar-refractivity contribution in [3.05, 3.63) is 36.0 Å². The van der Waals surface area contributed by atoms with Crippen LogP contribution in [-0.2, 0) is 12.7 Å². The summed E-state index contributed by atoms with van der Waals surface area (Å²) in [6, 6.07) is 2.96. The predicted octanol–water partition coefficient (Wildman–Crippen LogP) is 4.40. The summed E-state index contributed by atoms with van der Waals surface area (Å²) < 4.78 is 43.6. The monoisotopic (exact) mass is 386 g/mol. The third kappa shape index (κ3) is 5.90. The lowest BCUT2D eigenvalue weighted by Crippen LogP contribution is -2.19. The lowest BCUT2D eigenvalue weighted by atomic mass is 10.2. The van der Waals surface area contributed by atoms with E-state index < -0.39 is 23.9 Å². The molecule has 11 heteroatoms. The second-order valence-corrected chi connectivity index (χ2v) is 5.48. The summed E-state index contributed by atoms with van der Waals surface area (Å²) in [6.07, 6.45) is -3.02. The average Bonchev–Trinajstić information content (AvgIpc) is 2.92. The van der Waals surface area contributed by atoms with Gasteiger partial charge in [0.1, 0.15) is 0 Å². The number of ether oxygens (including phenoxy) is 1. The molecule has 0 atom stereocenters. The summed E-state index contributed by atoms with van der Waals surface area (Å²) in [5.41, 5.74) is -0.688. The Morgan fingerprint density at radius 3 is 2.44 bits per heavy atom. The minimum absolute atomic E-state index is 0.0340. The van der Waals surface area contributed by atoms with E-state index in [9.17, 15) is 22.8 Å². The van der Waals surface area contributed by atoms with E-state index in [-0.39, 0.29) is 17.5 Å². The maximum atomic E-state index is 12.5. The molecule has 0 bridgehead atoms. The van der Waals surface area contributed by atoms with E-state index >= 15 is 0 Å². The highest BCUT2D eigenvalue weighted by atomic mass is 19.4. The number of carbonyl (C=O) groups excluding carboxylic acids is 1. The zero-order chi connectivity index (χ0) is 20.0. The van der Waals surface area contributed by atoms with Crippen molar-refractivity contribution in [2.45, 2.75) is 32.5 Å². The molecule has 0 aliphatic heterocycles. The van der Waals surface area contributed by atoms with Crippen molar-refractivity contribution in [3.63, 3.8) is 0 Å². The largest absolute Gasteiger partial charge is 0.513 e. The van der Waals surface area contributed by atoms with E-state index in [1.54, 1.807) is 0 Å². The van der Waals surface area contributed by atoms with E-state index in [1.807, 2.05) is 6.92 Å². The van der Waals surface area contributed by atoms with Crippen LogP contribution in [0.1, 0.15) is 25.3 Å². The van der Waals surface area contributed by atoms with E-state index in [1.165, 1.54) is 10.8 Å². The molecule has 2 aromatic rings. The Balaban J connectivity index is 2.04. The number of hydrogen-bond donors (Lipinski definition) is 3. The van der Waals surface area contributed by atoms with Crippen LogP contribution in [0.5, 0.6) is 6.01 Å². The third-order valence-electron chi connectivity index (χ3n) is 3.38. The molecule has 0 aliphatic rings. The van der Waals surface area contributed by atoms with Gasteiger partial charge < -0.3 is 15.2 Å². The lowest BCUT2D eigenvalue weighted by molar-refractivity contribution is -0.137. The number of anilines is 2. The van der Waals surface area contributed by atoms with Crippen LogP contribution < -0.4 is 15.4 Å². The van der Waals surface area contributed by atoms with Gasteiger partial charge in [-0.3, -0.25) is 9.88 Å².